The minimum absolute atomic E-state index is 0.127. The monoisotopic (exact) mass is 414 g/mol. The van der Waals surface area contributed by atoms with E-state index in [0.717, 1.165) is 30.7 Å². The summed E-state index contributed by atoms with van der Waals surface area (Å²) in [6, 6.07) is 13.5. The number of aromatic nitrogens is 2. The topological polar surface area (TPSA) is 41.9 Å². The van der Waals surface area contributed by atoms with E-state index in [1.54, 1.807) is 6.07 Å². The maximum Gasteiger partial charge on any atom is 0.416 e. The molecule has 148 valence electrons. The molecule has 2 N–H and O–H groups in total. The second-order valence-electron chi connectivity index (χ2n) is 7.51. The Morgan fingerprint density at radius 2 is 1.93 bits per heavy atom. The van der Waals surface area contributed by atoms with Crippen LogP contribution >= 0.6 is 12.2 Å². The average molecular weight is 414 g/mol. The van der Waals surface area contributed by atoms with E-state index in [1.165, 1.54) is 17.2 Å². The molecule has 2 aliphatic rings. The summed E-state index contributed by atoms with van der Waals surface area (Å²) >= 11 is 5.33. The summed E-state index contributed by atoms with van der Waals surface area (Å²) in [6.07, 6.45) is 1.03. The number of halogens is 3. The minimum atomic E-state index is -4.38. The fraction of sp³-hybridized carbons (Fsp3) is 0.238. The second kappa shape index (κ2) is 6.32. The molecule has 29 heavy (non-hydrogen) atoms. The Morgan fingerprint density at radius 3 is 2.72 bits per heavy atom. The van der Waals surface area contributed by atoms with Crippen molar-refractivity contribution in [1.82, 2.24) is 14.9 Å². The van der Waals surface area contributed by atoms with Crippen molar-refractivity contribution < 1.29 is 13.2 Å². The van der Waals surface area contributed by atoms with Crippen LogP contribution in [0.2, 0.25) is 0 Å². The molecule has 0 atom stereocenters. The van der Waals surface area contributed by atoms with Crippen molar-refractivity contribution in [2.75, 3.05) is 5.32 Å². The van der Waals surface area contributed by atoms with E-state index < -0.39 is 11.7 Å². The number of rotatable bonds is 2. The molecule has 0 bridgehead atoms. The summed E-state index contributed by atoms with van der Waals surface area (Å²) < 4.78 is 40.9. The van der Waals surface area contributed by atoms with Crippen molar-refractivity contribution in [2.45, 2.75) is 30.6 Å². The third-order valence-electron chi connectivity index (χ3n) is 5.76. The lowest BCUT2D eigenvalue weighted by atomic mass is 9.68. The van der Waals surface area contributed by atoms with Gasteiger partial charge in [0.15, 0.2) is 5.11 Å². The Balaban J connectivity index is 1.28. The van der Waals surface area contributed by atoms with Gasteiger partial charge in [0.2, 0.25) is 0 Å². The lowest BCUT2D eigenvalue weighted by Gasteiger charge is -2.47. The van der Waals surface area contributed by atoms with Crippen LogP contribution in [0.5, 0.6) is 0 Å². The fourth-order valence-electron chi connectivity index (χ4n) is 4.48. The number of thiocarbonyl (C=S) groups is 1. The van der Waals surface area contributed by atoms with Crippen molar-refractivity contribution in [3.8, 4) is 11.3 Å². The van der Waals surface area contributed by atoms with Crippen LogP contribution < -0.4 is 10.6 Å². The summed E-state index contributed by atoms with van der Waals surface area (Å²) in [4.78, 5) is 4.30. The van der Waals surface area contributed by atoms with Gasteiger partial charge in [-0.15, -0.1) is 0 Å². The molecule has 1 aliphatic carbocycles. The van der Waals surface area contributed by atoms with E-state index in [-0.39, 0.29) is 11.6 Å². The Bertz CT molecular complexity index is 1100. The van der Waals surface area contributed by atoms with E-state index in [4.69, 9.17) is 12.2 Å². The van der Waals surface area contributed by atoms with E-state index in [0.29, 0.717) is 10.8 Å². The van der Waals surface area contributed by atoms with Crippen LogP contribution in [0.25, 0.3) is 11.3 Å². The molecule has 1 aromatic heterocycles. The molecule has 1 fully saturated rings. The maximum absolute atomic E-state index is 12.9. The summed E-state index contributed by atoms with van der Waals surface area (Å²) in [5.41, 5.74) is 3.08. The van der Waals surface area contributed by atoms with Crippen LogP contribution in [0.4, 0.5) is 18.9 Å². The molecule has 8 heteroatoms. The van der Waals surface area contributed by atoms with Gasteiger partial charge in [-0.3, -0.25) is 0 Å². The lowest BCUT2D eigenvalue weighted by molar-refractivity contribution is -0.137. The van der Waals surface area contributed by atoms with Gasteiger partial charge in [-0.2, -0.15) is 13.2 Å². The van der Waals surface area contributed by atoms with Gasteiger partial charge in [0.05, 0.1) is 29.3 Å². The third-order valence-corrected chi connectivity index (χ3v) is 5.98. The predicted octanol–water partition coefficient (Wildman–Crippen LogP) is 4.77. The van der Waals surface area contributed by atoms with Gasteiger partial charge < -0.3 is 15.2 Å². The van der Waals surface area contributed by atoms with Crippen LogP contribution in [0.15, 0.2) is 61.1 Å². The first-order valence-corrected chi connectivity index (χ1v) is 9.65. The molecule has 0 saturated heterocycles. The SMILES string of the molecule is FC(F)(F)c1cccc(NC(=S)NC2CC3(C2)c2ccccc2-c2cncn23)c1. The van der Waals surface area contributed by atoms with Crippen molar-refractivity contribution in [3.63, 3.8) is 0 Å². The number of anilines is 1. The van der Waals surface area contributed by atoms with Crippen molar-refractivity contribution in [3.05, 3.63) is 72.2 Å². The highest BCUT2D eigenvalue weighted by molar-refractivity contribution is 7.80. The summed E-state index contributed by atoms with van der Waals surface area (Å²) in [5.74, 6) is 0. The number of hydrogen-bond donors (Lipinski definition) is 2. The zero-order valence-electron chi connectivity index (χ0n) is 15.2. The quantitative estimate of drug-likeness (QED) is 0.593. The van der Waals surface area contributed by atoms with Crippen LogP contribution in [-0.2, 0) is 11.7 Å². The van der Waals surface area contributed by atoms with Crippen molar-refractivity contribution in [1.29, 1.82) is 0 Å². The molecular weight excluding hydrogens is 397 g/mol. The standard InChI is InChI=1S/C21H17F3N4S/c22-21(23,24)13-4-3-5-14(8-13)26-19(29)27-15-9-20(10-15)17-7-2-1-6-16(17)18-11-25-12-28(18)20/h1-8,11-12,15H,9-10H2,(H2,26,27,29). The smallest absolute Gasteiger partial charge is 0.360 e. The molecule has 1 aliphatic heterocycles. The third kappa shape index (κ3) is 2.90. The van der Waals surface area contributed by atoms with E-state index in [1.807, 2.05) is 24.7 Å². The number of imidazole rings is 1. The molecule has 3 aromatic rings. The van der Waals surface area contributed by atoms with Crippen LogP contribution in [-0.4, -0.2) is 20.7 Å². The highest BCUT2D eigenvalue weighted by atomic mass is 32.1. The van der Waals surface area contributed by atoms with E-state index >= 15 is 0 Å². The van der Waals surface area contributed by atoms with Crippen LogP contribution in [0.1, 0.15) is 24.0 Å². The Hall–Kier alpha value is -2.87. The van der Waals surface area contributed by atoms with Gasteiger partial charge in [-0.1, -0.05) is 30.3 Å². The molecule has 5 rings (SSSR count). The van der Waals surface area contributed by atoms with Crippen LogP contribution in [0, 0.1) is 0 Å². The van der Waals surface area contributed by atoms with Gasteiger partial charge in [0.1, 0.15) is 0 Å². The van der Waals surface area contributed by atoms with E-state index in [9.17, 15) is 13.2 Å². The minimum Gasteiger partial charge on any atom is -0.360 e. The van der Waals surface area contributed by atoms with Gasteiger partial charge >= 0.3 is 6.18 Å². The molecular formula is C21H17F3N4S. The largest absolute Gasteiger partial charge is 0.416 e. The number of nitrogens with zero attached hydrogens (tertiary/aromatic N) is 2. The van der Waals surface area contributed by atoms with Gasteiger partial charge in [-0.25, -0.2) is 4.98 Å². The first kappa shape index (κ1) is 18.2. The number of hydrogen-bond acceptors (Lipinski definition) is 2. The molecule has 0 unspecified atom stereocenters. The van der Waals surface area contributed by atoms with Gasteiger partial charge in [0.25, 0.3) is 0 Å². The average Bonchev–Trinajstić information content (AvgIpc) is 3.22. The summed E-state index contributed by atoms with van der Waals surface area (Å²) in [7, 11) is 0. The maximum atomic E-state index is 12.9. The molecule has 1 saturated carbocycles. The van der Waals surface area contributed by atoms with E-state index in [2.05, 4.69) is 32.3 Å². The van der Waals surface area contributed by atoms with Crippen LogP contribution in [0.3, 0.4) is 0 Å². The predicted molar refractivity (Wildman–Crippen MR) is 109 cm³/mol. The normalized spacial score (nSPS) is 22.0. The zero-order valence-corrected chi connectivity index (χ0v) is 16.0. The van der Waals surface area contributed by atoms with Gasteiger partial charge in [-0.05, 0) is 48.8 Å². The molecule has 2 aromatic carbocycles. The molecule has 0 radical (unpaired) electrons. The summed E-state index contributed by atoms with van der Waals surface area (Å²) in [6.45, 7) is 0. The zero-order chi connectivity index (χ0) is 20.2. The molecule has 1 spiro atoms. The first-order valence-electron chi connectivity index (χ1n) is 9.24. The first-order chi connectivity index (χ1) is 13.9. The molecule has 4 nitrogen and oxygen atoms in total. The number of benzene rings is 2. The second-order valence-corrected chi connectivity index (χ2v) is 7.92. The van der Waals surface area contributed by atoms with Crippen molar-refractivity contribution in [2.24, 2.45) is 0 Å². The fourth-order valence-corrected chi connectivity index (χ4v) is 4.76. The highest BCUT2D eigenvalue weighted by Crippen LogP contribution is 2.54. The van der Waals surface area contributed by atoms with Gasteiger partial charge in [0, 0.05) is 17.3 Å². The Morgan fingerprint density at radius 1 is 1.14 bits per heavy atom. The number of fused-ring (bicyclic) bond motifs is 5. The Labute approximate surface area is 170 Å². The Kier molecular flexibility index (Phi) is 3.96. The molecule has 2 heterocycles. The number of nitrogens with one attached hydrogen (secondary N) is 2. The lowest BCUT2D eigenvalue weighted by Crippen LogP contribution is -2.56. The number of alkyl halides is 3. The summed E-state index contributed by atoms with van der Waals surface area (Å²) in [5, 5.41) is 6.42. The highest BCUT2D eigenvalue weighted by Gasteiger charge is 2.52. The molecule has 0 amide bonds. The van der Waals surface area contributed by atoms with Crippen molar-refractivity contribution >= 4 is 23.0 Å².